The van der Waals surface area contributed by atoms with Crippen LogP contribution in [-0.2, 0) is 41.9 Å². The molecule has 0 spiro atoms. The van der Waals surface area contributed by atoms with Gasteiger partial charge in [0.2, 0.25) is 0 Å². The van der Waals surface area contributed by atoms with Crippen LogP contribution in [0.25, 0.3) is 0 Å². The summed E-state index contributed by atoms with van der Waals surface area (Å²) in [5.41, 5.74) is 10.8. The van der Waals surface area contributed by atoms with E-state index in [1.807, 2.05) is 83.6 Å². The molecule has 0 N–H and O–H groups in total. The van der Waals surface area contributed by atoms with E-state index in [1.54, 1.807) is 7.11 Å². The number of aryl methyl sites for hydroxylation is 2. The molecule has 0 bridgehead atoms. The average molecular weight is 909 g/mol. The summed E-state index contributed by atoms with van der Waals surface area (Å²) in [5.74, 6) is 1.69. The first-order valence-corrected chi connectivity index (χ1v) is 23.7. The summed E-state index contributed by atoms with van der Waals surface area (Å²) in [5, 5.41) is 0. The number of rotatable bonds is 18. The van der Waals surface area contributed by atoms with Gasteiger partial charge in [0.05, 0.1) is 44.2 Å². The number of amides is 2. The molecule has 0 aliphatic carbocycles. The predicted molar refractivity (Wildman–Crippen MR) is 264 cm³/mol. The minimum Gasteiger partial charge on any atom is -0.493 e. The number of anilines is 3. The Bertz CT molecular complexity index is 2640. The summed E-state index contributed by atoms with van der Waals surface area (Å²) >= 11 is 4.96. The smallest absolute Gasteiger partial charge is 0.261 e. The van der Waals surface area contributed by atoms with Crippen LogP contribution in [0.4, 0.5) is 22.7 Å². The van der Waals surface area contributed by atoms with Crippen LogP contribution in [0.1, 0.15) is 87.7 Å². The molecule has 4 aliphatic heterocycles. The van der Waals surface area contributed by atoms with Crippen molar-refractivity contribution in [3.05, 3.63) is 136 Å². The number of methoxy groups -OCH3 is 1. The molecule has 12 heteroatoms. The van der Waals surface area contributed by atoms with Crippen LogP contribution in [0, 0.1) is 6.92 Å². The summed E-state index contributed by atoms with van der Waals surface area (Å²) < 4.78 is 30.5. The van der Waals surface area contributed by atoms with Crippen LogP contribution in [0.2, 0.25) is 0 Å². The number of carbonyl (C=O) groups is 2. The number of ether oxygens (including phenoxy) is 5. The third-order valence-electron chi connectivity index (χ3n) is 12.8. The monoisotopic (exact) mass is 908 g/mol. The van der Waals surface area contributed by atoms with Crippen LogP contribution >= 0.6 is 12.6 Å². The van der Waals surface area contributed by atoms with Crippen molar-refractivity contribution in [1.82, 2.24) is 0 Å². The molecule has 2 amide bonds. The quantitative estimate of drug-likeness (QED) is 0.0686. The van der Waals surface area contributed by atoms with Gasteiger partial charge in [-0.2, -0.15) is 12.6 Å². The molecule has 0 aromatic heterocycles. The van der Waals surface area contributed by atoms with Crippen molar-refractivity contribution < 1.29 is 33.3 Å². The van der Waals surface area contributed by atoms with Crippen LogP contribution < -0.4 is 28.9 Å². The molecule has 0 saturated heterocycles. The Morgan fingerprint density at radius 2 is 1.41 bits per heavy atom. The predicted octanol–water partition coefficient (Wildman–Crippen LogP) is 9.92. The Labute approximate surface area is 394 Å². The lowest BCUT2D eigenvalue weighted by Crippen LogP contribution is -2.37. The molecular formula is C54H60N4O7S. The molecule has 4 aliphatic rings. The zero-order chi connectivity index (χ0) is 46.0. The first-order chi connectivity index (χ1) is 32.0. The Hall–Kier alpha value is -5.82. The van der Waals surface area contributed by atoms with Crippen LogP contribution in [-0.4, -0.2) is 81.5 Å². The summed E-state index contributed by atoms with van der Waals surface area (Å²) in [6.45, 7) is 12.4. The number of benzene rings is 5. The molecule has 0 radical (unpaired) electrons. The number of carbonyl (C=O) groups excluding carboxylic acids is 2. The second kappa shape index (κ2) is 19.6. The molecule has 5 aromatic carbocycles. The normalized spacial score (nSPS) is 17.0. The molecular weight excluding hydrogens is 849 g/mol. The van der Waals surface area contributed by atoms with Crippen LogP contribution in [0.3, 0.4) is 0 Å². The molecule has 5 aromatic rings. The van der Waals surface area contributed by atoms with Crippen molar-refractivity contribution in [2.24, 2.45) is 4.99 Å². The van der Waals surface area contributed by atoms with E-state index >= 15 is 0 Å². The summed E-state index contributed by atoms with van der Waals surface area (Å²) in [6, 6.07) is 30.3. The van der Waals surface area contributed by atoms with Gasteiger partial charge in [0.1, 0.15) is 19.0 Å². The first kappa shape index (κ1) is 45.3. The minimum absolute atomic E-state index is 0.00135. The van der Waals surface area contributed by atoms with Crippen molar-refractivity contribution in [3.63, 3.8) is 0 Å². The fourth-order valence-electron chi connectivity index (χ4n) is 9.72. The van der Waals surface area contributed by atoms with E-state index in [4.69, 9.17) is 41.3 Å². The summed E-state index contributed by atoms with van der Waals surface area (Å²) in [6.07, 6.45) is 6.06. The van der Waals surface area contributed by atoms with E-state index in [1.165, 1.54) is 5.56 Å². The van der Waals surface area contributed by atoms with Crippen LogP contribution in [0.15, 0.2) is 96.0 Å². The van der Waals surface area contributed by atoms with Crippen molar-refractivity contribution >= 4 is 53.4 Å². The first-order valence-electron chi connectivity index (χ1n) is 23.2. The fraction of sp³-hybridized carbons (Fsp3) is 0.389. The lowest BCUT2D eigenvalue weighted by Gasteiger charge is -2.32. The third-order valence-corrected chi connectivity index (χ3v) is 12.9. The minimum atomic E-state index is -0.314. The average Bonchev–Trinajstić information content (AvgIpc) is 3.80. The van der Waals surface area contributed by atoms with Gasteiger partial charge in [-0.15, -0.1) is 0 Å². The Kier molecular flexibility index (Phi) is 13.4. The van der Waals surface area contributed by atoms with E-state index in [9.17, 15) is 9.59 Å². The lowest BCUT2D eigenvalue weighted by molar-refractivity contribution is 0.0505. The number of fused-ring (bicyclic) bond motifs is 8. The maximum absolute atomic E-state index is 14.2. The maximum atomic E-state index is 14.2. The zero-order valence-electron chi connectivity index (χ0n) is 38.7. The van der Waals surface area contributed by atoms with Gasteiger partial charge in [-0.3, -0.25) is 19.5 Å². The molecule has 344 valence electrons. The third kappa shape index (κ3) is 9.68. The largest absolute Gasteiger partial charge is 0.493 e. The number of nitrogens with zero attached hydrogens (tertiary/aromatic N) is 4. The van der Waals surface area contributed by atoms with Gasteiger partial charge in [0.25, 0.3) is 11.8 Å². The number of hydrogen-bond donors (Lipinski definition) is 1. The molecule has 0 fully saturated rings. The van der Waals surface area contributed by atoms with Gasteiger partial charge in [0, 0.05) is 71.8 Å². The van der Waals surface area contributed by atoms with Crippen molar-refractivity contribution in [2.75, 3.05) is 61.3 Å². The topological polar surface area (TPSA) is 102 Å². The molecule has 9 rings (SSSR count). The number of aliphatic imine (C=N–C) groups is 1. The molecule has 0 saturated carbocycles. The summed E-state index contributed by atoms with van der Waals surface area (Å²) in [7, 11) is 1.61. The maximum Gasteiger partial charge on any atom is 0.261 e. The van der Waals surface area contributed by atoms with E-state index < -0.39 is 0 Å². The zero-order valence-corrected chi connectivity index (χ0v) is 39.6. The second-order valence-electron chi connectivity index (χ2n) is 18.4. The highest BCUT2D eigenvalue weighted by Gasteiger charge is 2.38. The van der Waals surface area contributed by atoms with Gasteiger partial charge in [0.15, 0.2) is 11.5 Å². The highest BCUT2D eigenvalue weighted by molar-refractivity contribution is 7.81. The molecule has 66 heavy (non-hydrogen) atoms. The Morgan fingerprint density at radius 1 is 0.742 bits per heavy atom. The fourth-order valence-corrected chi connectivity index (χ4v) is 9.89. The lowest BCUT2D eigenvalue weighted by atomic mass is 9.99. The van der Waals surface area contributed by atoms with Crippen molar-refractivity contribution in [1.29, 1.82) is 0 Å². The molecule has 4 heterocycles. The van der Waals surface area contributed by atoms with Crippen molar-refractivity contribution in [3.8, 4) is 17.2 Å². The second-order valence-corrected chi connectivity index (χ2v) is 19.6. The van der Waals surface area contributed by atoms with Gasteiger partial charge >= 0.3 is 0 Å². The molecule has 2 atom stereocenters. The van der Waals surface area contributed by atoms with E-state index in [0.717, 1.165) is 83.6 Å². The Morgan fingerprint density at radius 3 is 2.12 bits per heavy atom. The van der Waals surface area contributed by atoms with E-state index in [0.29, 0.717) is 67.0 Å². The van der Waals surface area contributed by atoms with Gasteiger partial charge < -0.3 is 33.5 Å². The SMILES string of the molecule is CCCOCCOCCN(CC(C)(C)S)c1cc(COc2cc3c(cc2C)C(=O)N2c4ccccc4C[C@@H]2C=N3)cc(COc2cc3c(cc2OC)C(=O)N2c4ccccc4C[C@H]2CC3)c1. The molecule has 0 unspecified atom stereocenters. The standard InChI is InChI=1S/C54H60N4O7S/c1-6-18-62-20-21-63-19-17-56(34-54(3,4)66)42-24-36(32-64-49-30-46-45(22-35(49)2)53(60)58-43(31-55-46)27-40-12-8-10-14-48(40)58)23-37(25-42)33-65-51-28-38-15-16-41-26-39-11-7-9-13-47(39)57(41)52(59)44(38)29-50(51)61-5/h7-14,22-25,28-31,41,43,66H,6,15-21,26-27,32-34H2,1-5H3/t41-,43-/m1/s1. The van der Waals surface area contributed by atoms with Gasteiger partial charge in [-0.05, 0) is 128 Å². The molecule has 11 nitrogen and oxygen atoms in total. The number of para-hydroxylation sites is 2. The van der Waals surface area contributed by atoms with Gasteiger partial charge in [-0.1, -0.05) is 43.3 Å². The van der Waals surface area contributed by atoms with Crippen LogP contribution in [0.5, 0.6) is 17.2 Å². The highest BCUT2D eigenvalue weighted by Crippen LogP contribution is 2.42. The van der Waals surface area contributed by atoms with Gasteiger partial charge in [-0.25, -0.2) is 0 Å². The number of hydrogen-bond acceptors (Lipinski definition) is 10. The number of thiol groups is 1. The summed E-state index contributed by atoms with van der Waals surface area (Å²) in [4.78, 5) is 39.2. The van der Waals surface area contributed by atoms with E-state index in [-0.39, 0.29) is 41.9 Å². The van der Waals surface area contributed by atoms with E-state index in [2.05, 4.69) is 56.0 Å². The van der Waals surface area contributed by atoms with Crippen molar-refractivity contribution in [2.45, 2.75) is 89.8 Å². The highest BCUT2D eigenvalue weighted by atomic mass is 32.1. The Balaban J connectivity index is 0.982.